The maximum atomic E-state index is 12.4. The number of urea groups is 1. The highest BCUT2D eigenvalue weighted by Crippen LogP contribution is 2.26. The summed E-state index contributed by atoms with van der Waals surface area (Å²) >= 11 is 1.64. The van der Waals surface area contributed by atoms with Crippen molar-refractivity contribution >= 4 is 17.4 Å². The van der Waals surface area contributed by atoms with Crippen LogP contribution in [0.2, 0.25) is 0 Å². The predicted molar refractivity (Wildman–Crippen MR) is 87.3 cm³/mol. The molecule has 2 aromatic rings. The van der Waals surface area contributed by atoms with Crippen LogP contribution in [0.4, 0.5) is 4.79 Å². The van der Waals surface area contributed by atoms with Crippen LogP contribution < -0.4 is 5.32 Å². The number of nitrogens with one attached hydrogen (secondary N) is 1. The number of hydrogen-bond acceptors (Lipinski definition) is 5. The molecular weight excluding hydrogens is 314 g/mol. The molecule has 0 aromatic carbocycles. The van der Waals surface area contributed by atoms with Crippen LogP contribution in [0, 0.1) is 0 Å². The van der Waals surface area contributed by atoms with Gasteiger partial charge in [0.2, 0.25) is 0 Å². The molecule has 2 aromatic heterocycles. The van der Waals surface area contributed by atoms with Crippen molar-refractivity contribution in [3.8, 4) is 0 Å². The molecule has 7 heteroatoms. The van der Waals surface area contributed by atoms with Crippen LogP contribution in [0.15, 0.2) is 27.4 Å². The Kier molecular flexibility index (Phi) is 4.97. The molecule has 1 saturated heterocycles. The van der Waals surface area contributed by atoms with E-state index in [4.69, 9.17) is 9.26 Å². The monoisotopic (exact) mass is 335 g/mol. The lowest BCUT2D eigenvalue weighted by atomic mass is 10.1. The van der Waals surface area contributed by atoms with Crippen molar-refractivity contribution in [3.05, 3.63) is 39.9 Å². The van der Waals surface area contributed by atoms with Crippen LogP contribution in [-0.4, -0.2) is 35.3 Å². The number of ether oxygens (including phenoxy) is 1. The Bertz CT molecular complexity index is 641. The SMILES string of the molecule is CCc1cc(CNC(=O)N2CC(C)OC(c3ccsc3)C2)on1. The zero-order valence-electron chi connectivity index (χ0n) is 13.3. The second-order valence-corrected chi connectivity index (χ2v) is 6.47. The maximum absolute atomic E-state index is 12.4. The molecule has 0 aliphatic carbocycles. The van der Waals surface area contributed by atoms with Gasteiger partial charge in [0.25, 0.3) is 0 Å². The third-order valence-electron chi connectivity index (χ3n) is 3.85. The molecule has 23 heavy (non-hydrogen) atoms. The normalized spacial score (nSPS) is 21.4. The van der Waals surface area contributed by atoms with Gasteiger partial charge in [0, 0.05) is 12.6 Å². The molecule has 1 aliphatic heterocycles. The van der Waals surface area contributed by atoms with E-state index in [0.29, 0.717) is 25.4 Å². The molecule has 1 N–H and O–H groups in total. The van der Waals surface area contributed by atoms with Crippen LogP contribution in [0.3, 0.4) is 0 Å². The van der Waals surface area contributed by atoms with Gasteiger partial charge >= 0.3 is 6.03 Å². The molecule has 0 radical (unpaired) electrons. The second kappa shape index (κ2) is 7.14. The highest BCUT2D eigenvalue weighted by atomic mass is 32.1. The quantitative estimate of drug-likeness (QED) is 0.933. The Hall–Kier alpha value is -1.86. The third-order valence-corrected chi connectivity index (χ3v) is 4.55. The molecule has 0 bridgehead atoms. The minimum atomic E-state index is -0.102. The zero-order valence-corrected chi connectivity index (χ0v) is 14.1. The minimum Gasteiger partial charge on any atom is -0.367 e. The van der Waals surface area contributed by atoms with Gasteiger partial charge in [-0.05, 0) is 35.7 Å². The number of aryl methyl sites for hydroxylation is 1. The Morgan fingerprint density at radius 2 is 2.39 bits per heavy atom. The number of carbonyl (C=O) groups is 1. The smallest absolute Gasteiger partial charge is 0.317 e. The molecule has 124 valence electrons. The van der Waals surface area contributed by atoms with Gasteiger partial charge in [0.1, 0.15) is 6.10 Å². The molecule has 1 aliphatic rings. The van der Waals surface area contributed by atoms with E-state index in [1.807, 2.05) is 31.4 Å². The van der Waals surface area contributed by atoms with E-state index in [2.05, 4.69) is 15.9 Å². The summed E-state index contributed by atoms with van der Waals surface area (Å²) in [7, 11) is 0. The summed E-state index contributed by atoms with van der Waals surface area (Å²) in [4.78, 5) is 14.2. The molecule has 3 heterocycles. The van der Waals surface area contributed by atoms with Crippen LogP contribution in [0.1, 0.15) is 37.0 Å². The van der Waals surface area contributed by atoms with Gasteiger partial charge in [0.05, 0.1) is 24.9 Å². The fraction of sp³-hybridized carbons (Fsp3) is 0.500. The molecule has 3 rings (SSSR count). The topological polar surface area (TPSA) is 67.6 Å². The molecule has 2 atom stereocenters. The first-order valence-corrected chi connectivity index (χ1v) is 8.74. The van der Waals surface area contributed by atoms with Crippen molar-refractivity contribution in [2.75, 3.05) is 13.1 Å². The van der Waals surface area contributed by atoms with E-state index in [1.54, 1.807) is 16.2 Å². The summed E-state index contributed by atoms with van der Waals surface area (Å²) in [5.41, 5.74) is 2.02. The average molecular weight is 335 g/mol. The van der Waals surface area contributed by atoms with Crippen molar-refractivity contribution < 1.29 is 14.1 Å². The van der Waals surface area contributed by atoms with Crippen molar-refractivity contribution in [2.45, 2.75) is 39.0 Å². The number of hydrogen-bond donors (Lipinski definition) is 1. The van der Waals surface area contributed by atoms with E-state index in [0.717, 1.165) is 17.7 Å². The molecule has 2 amide bonds. The van der Waals surface area contributed by atoms with Crippen LogP contribution in [0.25, 0.3) is 0 Å². The summed E-state index contributed by atoms with van der Waals surface area (Å²) < 4.78 is 11.1. The first-order valence-electron chi connectivity index (χ1n) is 7.80. The Labute approximate surface area is 139 Å². The van der Waals surface area contributed by atoms with Gasteiger partial charge < -0.3 is 19.5 Å². The number of thiophene rings is 1. The number of nitrogens with zero attached hydrogens (tertiary/aromatic N) is 2. The summed E-state index contributed by atoms with van der Waals surface area (Å²) in [5.74, 6) is 0.672. The van der Waals surface area contributed by atoms with Crippen molar-refractivity contribution in [2.24, 2.45) is 0 Å². The molecule has 0 spiro atoms. The van der Waals surface area contributed by atoms with E-state index in [1.165, 1.54) is 0 Å². The molecule has 0 saturated carbocycles. The minimum absolute atomic E-state index is 0.0105. The Morgan fingerprint density at radius 3 is 3.09 bits per heavy atom. The Balaban J connectivity index is 1.57. The largest absolute Gasteiger partial charge is 0.367 e. The standard InChI is InChI=1S/C16H21N3O3S/c1-3-13-6-14(22-18-13)7-17-16(20)19-8-11(2)21-15(9-19)12-4-5-23-10-12/h4-6,10-11,15H,3,7-9H2,1-2H3,(H,17,20). The number of carbonyl (C=O) groups excluding carboxylic acids is 1. The van der Waals surface area contributed by atoms with Crippen LogP contribution >= 0.6 is 11.3 Å². The van der Waals surface area contributed by atoms with Crippen molar-refractivity contribution in [3.63, 3.8) is 0 Å². The summed E-state index contributed by atoms with van der Waals surface area (Å²) in [5, 5.41) is 10.9. The van der Waals surface area contributed by atoms with Gasteiger partial charge in [-0.3, -0.25) is 0 Å². The van der Waals surface area contributed by atoms with Gasteiger partial charge in [-0.25, -0.2) is 4.79 Å². The molecule has 2 unspecified atom stereocenters. The van der Waals surface area contributed by atoms with E-state index in [9.17, 15) is 4.79 Å². The van der Waals surface area contributed by atoms with Crippen molar-refractivity contribution in [1.29, 1.82) is 0 Å². The fourth-order valence-electron chi connectivity index (χ4n) is 2.64. The van der Waals surface area contributed by atoms with Gasteiger partial charge in [0.15, 0.2) is 5.76 Å². The Morgan fingerprint density at radius 1 is 1.52 bits per heavy atom. The average Bonchev–Trinajstić information content (AvgIpc) is 3.23. The molecular formula is C16H21N3O3S. The van der Waals surface area contributed by atoms with Crippen LogP contribution in [0.5, 0.6) is 0 Å². The molecule has 1 fully saturated rings. The molecule has 6 nitrogen and oxygen atoms in total. The lowest BCUT2D eigenvalue weighted by Gasteiger charge is -2.36. The van der Waals surface area contributed by atoms with Crippen molar-refractivity contribution in [1.82, 2.24) is 15.4 Å². The van der Waals surface area contributed by atoms with E-state index in [-0.39, 0.29) is 18.2 Å². The second-order valence-electron chi connectivity index (χ2n) is 5.69. The highest BCUT2D eigenvalue weighted by Gasteiger charge is 2.29. The third kappa shape index (κ3) is 3.92. The number of amides is 2. The van der Waals surface area contributed by atoms with Gasteiger partial charge in [-0.1, -0.05) is 12.1 Å². The maximum Gasteiger partial charge on any atom is 0.317 e. The van der Waals surface area contributed by atoms with E-state index < -0.39 is 0 Å². The highest BCUT2D eigenvalue weighted by molar-refractivity contribution is 7.07. The first-order chi connectivity index (χ1) is 11.2. The summed E-state index contributed by atoms with van der Waals surface area (Å²) in [6.07, 6.45) is 0.768. The lowest BCUT2D eigenvalue weighted by molar-refractivity contribution is -0.0655. The van der Waals surface area contributed by atoms with Gasteiger partial charge in [-0.15, -0.1) is 0 Å². The van der Waals surface area contributed by atoms with Crippen LogP contribution in [-0.2, 0) is 17.7 Å². The van der Waals surface area contributed by atoms with Gasteiger partial charge in [-0.2, -0.15) is 11.3 Å². The number of aromatic nitrogens is 1. The predicted octanol–water partition coefficient (Wildman–Crippen LogP) is 2.97. The summed E-state index contributed by atoms with van der Waals surface area (Å²) in [6.45, 7) is 5.50. The number of morpholine rings is 1. The lowest BCUT2D eigenvalue weighted by Crippen LogP contribution is -2.49. The first kappa shape index (κ1) is 16.0. The zero-order chi connectivity index (χ0) is 16.2. The number of rotatable bonds is 4. The van der Waals surface area contributed by atoms with E-state index >= 15 is 0 Å². The fourth-order valence-corrected chi connectivity index (χ4v) is 3.34. The summed E-state index contributed by atoms with van der Waals surface area (Å²) in [6, 6.07) is 3.82.